The monoisotopic (exact) mass is 432 g/mol. The largest absolute Gasteiger partial charge is 0.494 e. The van der Waals surface area contributed by atoms with E-state index in [2.05, 4.69) is 20.8 Å². The highest BCUT2D eigenvalue weighted by Crippen LogP contribution is 2.32. The molecule has 3 rings (SSSR count). The third-order valence-corrected chi connectivity index (χ3v) is 5.70. The molecule has 0 saturated heterocycles. The van der Waals surface area contributed by atoms with Gasteiger partial charge in [0.1, 0.15) is 11.5 Å². The molecule has 1 fully saturated rings. The number of hydrogen-bond acceptors (Lipinski definition) is 3. The van der Waals surface area contributed by atoms with E-state index in [9.17, 15) is 4.79 Å². The third kappa shape index (κ3) is 7.12. The lowest BCUT2D eigenvalue weighted by Gasteiger charge is -2.22. The molecule has 2 aromatic rings. The van der Waals surface area contributed by atoms with E-state index in [1.54, 1.807) is 0 Å². The molecule has 0 radical (unpaired) electrons. The summed E-state index contributed by atoms with van der Waals surface area (Å²) >= 11 is 0. The Hall–Kier alpha value is -2.81. The molecule has 3 nitrogen and oxygen atoms in total. The molecule has 0 heterocycles. The van der Waals surface area contributed by atoms with Crippen molar-refractivity contribution in [1.29, 1.82) is 0 Å². The molecule has 1 saturated carbocycles. The molecule has 1 unspecified atom stereocenters. The lowest BCUT2D eigenvalue weighted by atomic mass is 9.81. The Morgan fingerprint density at radius 2 is 1.16 bits per heavy atom. The highest BCUT2D eigenvalue weighted by molar-refractivity contribution is 6.14. The van der Waals surface area contributed by atoms with Crippen molar-refractivity contribution >= 4 is 17.9 Å². The van der Waals surface area contributed by atoms with E-state index in [-0.39, 0.29) is 5.78 Å². The fourth-order valence-electron chi connectivity index (χ4n) is 3.86. The van der Waals surface area contributed by atoms with Gasteiger partial charge in [-0.15, -0.1) is 0 Å². The maximum Gasteiger partial charge on any atom is 0.185 e. The minimum absolute atomic E-state index is 0.162. The van der Waals surface area contributed by atoms with Crippen LogP contribution in [0.1, 0.15) is 70.4 Å². The van der Waals surface area contributed by atoms with Gasteiger partial charge in [0.05, 0.1) is 13.2 Å². The summed E-state index contributed by atoms with van der Waals surface area (Å²) in [7, 11) is 0. The van der Waals surface area contributed by atoms with Crippen LogP contribution in [0.2, 0.25) is 0 Å². The van der Waals surface area contributed by atoms with Crippen LogP contribution in [-0.4, -0.2) is 19.0 Å². The average Bonchev–Trinajstić information content (AvgIpc) is 2.79. The predicted molar refractivity (Wildman–Crippen MR) is 133 cm³/mol. The number of carbonyl (C=O) groups is 1. The van der Waals surface area contributed by atoms with E-state index in [1.807, 2.05) is 60.7 Å². The second kappa shape index (κ2) is 12.3. The molecule has 2 aromatic carbocycles. The van der Waals surface area contributed by atoms with Gasteiger partial charge in [0.15, 0.2) is 5.78 Å². The smallest absolute Gasteiger partial charge is 0.185 e. The molecular formula is C29H36O3. The van der Waals surface area contributed by atoms with Crippen molar-refractivity contribution in [2.75, 3.05) is 13.2 Å². The topological polar surface area (TPSA) is 35.5 Å². The van der Waals surface area contributed by atoms with E-state index in [0.29, 0.717) is 5.92 Å². The van der Waals surface area contributed by atoms with Crippen LogP contribution in [0.3, 0.4) is 0 Å². The van der Waals surface area contributed by atoms with Crippen LogP contribution in [0.5, 0.6) is 11.5 Å². The molecular weight excluding hydrogens is 396 g/mol. The molecule has 32 heavy (non-hydrogen) atoms. The number of ketones is 1. The first-order chi connectivity index (χ1) is 15.6. The van der Waals surface area contributed by atoms with Crippen LogP contribution >= 0.6 is 0 Å². The van der Waals surface area contributed by atoms with Crippen molar-refractivity contribution < 1.29 is 14.3 Å². The number of allylic oxidation sites excluding steroid dienone is 2. The van der Waals surface area contributed by atoms with Gasteiger partial charge in [0, 0.05) is 11.1 Å². The summed E-state index contributed by atoms with van der Waals surface area (Å²) < 4.78 is 11.5. The van der Waals surface area contributed by atoms with Crippen LogP contribution in [0, 0.1) is 5.92 Å². The van der Waals surface area contributed by atoms with E-state index in [4.69, 9.17) is 9.47 Å². The van der Waals surface area contributed by atoms with Gasteiger partial charge in [0.25, 0.3) is 0 Å². The Labute approximate surface area is 193 Å². The van der Waals surface area contributed by atoms with E-state index in [0.717, 1.165) is 85.5 Å². The molecule has 1 aliphatic carbocycles. The van der Waals surface area contributed by atoms with Gasteiger partial charge in [0.2, 0.25) is 0 Å². The zero-order chi connectivity index (χ0) is 22.8. The highest BCUT2D eigenvalue weighted by Gasteiger charge is 2.25. The summed E-state index contributed by atoms with van der Waals surface area (Å²) in [4.78, 5) is 13.2. The Morgan fingerprint density at radius 3 is 1.53 bits per heavy atom. The van der Waals surface area contributed by atoms with Gasteiger partial charge in [-0.1, -0.05) is 57.9 Å². The minimum Gasteiger partial charge on any atom is -0.494 e. The molecule has 1 aliphatic rings. The van der Waals surface area contributed by atoms with Crippen LogP contribution < -0.4 is 9.47 Å². The molecule has 1 atom stereocenters. The highest BCUT2D eigenvalue weighted by atomic mass is 16.5. The van der Waals surface area contributed by atoms with Crippen LogP contribution in [-0.2, 0) is 4.79 Å². The van der Waals surface area contributed by atoms with Crippen molar-refractivity contribution in [3.05, 3.63) is 70.8 Å². The first-order valence-corrected chi connectivity index (χ1v) is 12.0. The van der Waals surface area contributed by atoms with Crippen molar-refractivity contribution in [2.24, 2.45) is 5.92 Å². The second-order valence-electron chi connectivity index (χ2n) is 8.72. The number of benzene rings is 2. The molecule has 0 bridgehead atoms. The van der Waals surface area contributed by atoms with Gasteiger partial charge < -0.3 is 9.47 Å². The van der Waals surface area contributed by atoms with Gasteiger partial charge in [-0.2, -0.15) is 0 Å². The van der Waals surface area contributed by atoms with Crippen molar-refractivity contribution in [1.82, 2.24) is 0 Å². The van der Waals surface area contributed by atoms with Crippen molar-refractivity contribution in [2.45, 2.75) is 59.3 Å². The van der Waals surface area contributed by atoms with Crippen LogP contribution in [0.15, 0.2) is 59.7 Å². The summed E-state index contributed by atoms with van der Waals surface area (Å²) in [5.41, 5.74) is 3.85. The van der Waals surface area contributed by atoms with Crippen LogP contribution in [0.4, 0.5) is 0 Å². The van der Waals surface area contributed by atoms with Crippen molar-refractivity contribution in [3.63, 3.8) is 0 Å². The van der Waals surface area contributed by atoms with Gasteiger partial charge in [-0.05, 0) is 79.1 Å². The van der Waals surface area contributed by atoms with E-state index < -0.39 is 0 Å². The number of unbranched alkanes of at least 4 members (excludes halogenated alkanes) is 2. The van der Waals surface area contributed by atoms with E-state index >= 15 is 0 Å². The predicted octanol–water partition coefficient (Wildman–Crippen LogP) is 7.51. The summed E-state index contributed by atoms with van der Waals surface area (Å²) in [6, 6.07) is 16.1. The second-order valence-corrected chi connectivity index (χ2v) is 8.72. The van der Waals surface area contributed by atoms with Gasteiger partial charge >= 0.3 is 0 Å². The summed E-state index contributed by atoms with van der Waals surface area (Å²) in [6.07, 6.45) is 10.1. The normalized spacial score (nSPS) is 18.8. The first-order valence-electron chi connectivity index (χ1n) is 12.0. The van der Waals surface area contributed by atoms with Gasteiger partial charge in [-0.25, -0.2) is 0 Å². The quantitative estimate of drug-likeness (QED) is 0.288. The van der Waals surface area contributed by atoms with Crippen molar-refractivity contribution in [3.8, 4) is 11.5 Å². The van der Waals surface area contributed by atoms with Gasteiger partial charge in [-0.3, -0.25) is 4.79 Å². The zero-order valence-corrected chi connectivity index (χ0v) is 19.7. The fourth-order valence-corrected chi connectivity index (χ4v) is 3.86. The number of hydrogen-bond donors (Lipinski definition) is 0. The van der Waals surface area contributed by atoms with E-state index in [1.165, 1.54) is 0 Å². The molecule has 0 N–H and O–H groups in total. The zero-order valence-electron chi connectivity index (χ0n) is 19.7. The maximum absolute atomic E-state index is 13.2. The number of Topliss-reactive ketones (excluding diaryl/α,β-unsaturated/α-hetero) is 1. The number of ether oxygens (including phenoxy) is 2. The Morgan fingerprint density at radius 1 is 0.750 bits per heavy atom. The third-order valence-electron chi connectivity index (χ3n) is 5.70. The Kier molecular flexibility index (Phi) is 9.15. The number of carbonyl (C=O) groups excluding carboxylic acids is 1. The Balaban J connectivity index is 1.70. The molecule has 0 aliphatic heterocycles. The summed E-state index contributed by atoms with van der Waals surface area (Å²) in [6.45, 7) is 8.01. The maximum atomic E-state index is 13.2. The average molecular weight is 433 g/mol. The lowest BCUT2D eigenvalue weighted by Crippen LogP contribution is -2.18. The molecule has 0 spiro atoms. The molecule has 0 aromatic heterocycles. The number of rotatable bonds is 10. The molecule has 0 amide bonds. The Bertz CT molecular complexity index is 844. The minimum atomic E-state index is 0.162. The first kappa shape index (κ1) is 23.8. The molecule has 3 heteroatoms. The summed E-state index contributed by atoms with van der Waals surface area (Å²) in [5, 5.41) is 0. The lowest BCUT2D eigenvalue weighted by molar-refractivity contribution is -0.113. The standard InChI is InChI=1S/C29H36O3/c1-4-6-16-31-27-12-8-23(9-13-27)20-25-18-22(3)19-26(29(25)30)21-24-10-14-28(15-11-24)32-17-7-5-2/h8-15,20-22H,4-7,16-19H2,1-3H3/b25-20-,26-21+. The fraction of sp³-hybridized carbons (Fsp3) is 0.414. The SMILES string of the molecule is CCCCOc1ccc(/C=C2/CC(C)C/C(=C\c3ccc(OCCCC)cc3)C2=O)cc1. The van der Waals surface area contributed by atoms with Crippen LogP contribution in [0.25, 0.3) is 12.2 Å². The molecule has 170 valence electrons. The summed E-state index contributed by atoms with van der Waals surface area (Å²) in [5.74, 6) is 2.37.